The van der Waals surface area contributed by atoms with Crippen molar-refractivity contribution < 1.29 is 10.2 Å². The Bertz CT molecular complexity index is 251. The van der Waals surface area contributed by atoms with Crippen LogP contribution < -0.4 is 0 Å². The maximum absolute atomic E-state index is 10.5. The van der Waals surface area contributed by atoms with Gasteiger partial charge in [0.15, 0.2) is 0 Å². The minimum absolute atomic E-state index is 0.0435. The highest BCUT2D eigenvalue weighted by molar-refractivity contribution is 4.97. The summed E-state index contributed by atoms with van der Waals surface area (Å²) in [5.74, 6) is 0. The minimum atomic E-state index is -0.801. The number of hydrogen-bond acceptors (Lipinski definition) is 3. The van der Waals surface area contributed by atoms with Gasteiger partial charge in [-0.1, -0.05) is 11.6 Å². The molecule has 1 aliphatic rings. The molecule has 3 heteroatoms. The molecule has 0 aromatic heterocycles. The predicted molar refractivity (Wildman–Crippen MR) is 71.0 cm³/mol. The summed E-state index contributed by atoms with van der Waals surface area (Å²) in [7, 11) is 0. The Labute approximate surface area is 105 Å². The van der Waals surface area contributed by atoms with E-state index < -0.39 is 5.60 Å². The standard InChI is InChI=1S/C14H27NO2/c1-12(2)7-6-8-14(3,17)13(11-16)15-9-4-5-10-15/h7,13,16-17H,4-6,8-11H2,1-3H3. The summed E-state index contributed by atoms with van der Waals surface area (Å²) in [6.07, 6.45) is 6.09. The van der Waals surface area contributed by atoms with E-state index in [4.69, 9.17) is 0 Å². The van der Waals surface area contributed by atoms with Crippen molar-refractivity contribution in [3.8, 4) is 0 Å². The van der Waals surface area contributed by atoms with Crippen molar-refractivity contribution in [2.24, 2.45) is 0 Å². The van der Waals surface area contributed by atoms with Crippen LogP contribution in [0.25, 0.3) is 0 Å². The van der Waals surface area contributed by atoms with Crippen molar-refractivity contribution in [2.75, 3.05) is 19.7 Å². The highest BCUT2D eigenvalue weighted by atomic mass is 16.3. The molecule has 2 unspecified atom stereocenters. The zero-order valence-electron chi connectivity index (χ0n) is 11.4. The molecule has 0 radical (unpaired) electrons. The Hall–Kier alpha value is -0.380. The highest BCUT2D eigenvalue weighted by Crippen LogP contribution is 2.25. The van der Waals surface area contributed by atoms with E-state index in [0.717, 1.165) is 19.5 Å². The Morgan fingerprint density at radius 3 is 2.41 bits per heavy atom. The zero-order chi connectivity index (χ0) is 12.9. The van der Waals surface area contributed by atoms with Gasteiger partial charge in [0.1, 0.15) is 0 Å². The Balaban J connectivity index is 2.55. The zero-order valence-corrected chi connectivity index (χ0v) is 11.4. The van der Waals surface area contributed by atoms with Crippen molar-refractivity contribution >= 4 is 0 Å². The first-order chi connectivity index (χ1) is 7.97. The van der Waals surface area contributed by atoms with Gasteiger partial charge in [0, 0.05) is 0 Å². The van der Waals surface area contributed by atoms with Crippen LogP contribution in [0.5, 0.6) is 0 Å². The van der Waals surface area contributed by atoms with Gasteiger partial charge in [0.05, 0.1) is 18.2 Å². The van der Waals surface area contributed by atoms with Gasteiger partial charge in [-0.15, -0.1) is 0 Å². The average Bonchev–Trinajstić information content (AvgIpc) is 2.70. The summed E-state index contributed by atoms with van der Waals surface area (Å²) < 4.78 is 0. The molecule has 0 amide bonds. The fourth-order valence-electron chi connectivity index (χ4n) is 2.58. The van der Waals surface area contributed by atoms with Crippen molar-refractivity contribution in [3.05, 3.63) is 11.6 Å². The molecular weight excluding hydrogens is 214 g/mol. The molecule has 1 aliphatic heterocycles. The van der Waals surface area contributed by atoms with E-state index in [1.54, 1.807) is 0 Å². The van der Waals surface area contributed by atoms with Crippen molar-refractivity contribution in [1.82, 2.24) is 4.90 Å². The maximum atomic E-state index is 10.5. The van der Waals surface area contributed by atoms with Crippen LogP contribution in [0.2, 0.25) is 0 Å². The van der Waals surface area contributed by atoms with Crippen LogP contribution in [-0.4, -0.2) is 46.5 Å². The lowest BCUT2D eigenvalue weighted by Gasteiger charge is -2.38. The molecule has 0 aliphatic carbocycles. The number of rotatable bonds is 6. The number of nitrogens with zero attached hydrogens (tertiary/aromatic N) is 1. The van der Waals surface area contributed by atoms with E-state index in [2.05, 4.69) is 24.8 Å². The van der Waals surface area contributed by atoms with E-state index in [-0.39, 0.29) is 12.6 Å². The maximum Gasteiger partial charge on any atom is 0.0799 e. The lowest BCUT2D eigenvalue weighted by Crippen LogP contribution is -2.52. The molecule has 3 nitrogen and oxygen atoms in total. The SMILES string of the molecule is CC(C)=CCCC(C)(O)C(CO)N1CCCC1. The smallest absolute Gasteiger partial charge is 0.0799 e. The van der Waals surface area contributed by atoms with Gasteiger partial charge in [-0.25, -0.2) is 0 Å². The quantitative estimate of drug-likeness (QED) is 0.699. The van der Waals surface area contributed by atoms with Gasteiger partial charge in [0.2, 0.25) is 0 Å². The Morgan fingerprint density at radius 2 is 1.94 bits per heavy atom. The van der Waals surface area contributed by atoms with Gasteiger partial charge < -0.3 is 10.2 Å². The summed E-state index contributed by atoms with van der Waals surface area (Å²) in [5, 5.41) is 20.0. The molecular formula is C14H27NO2. The summed E-state index contributed by atoms with van der Waals surface area (Å²) in [6.45, 7) is 8.04. The lowest BCUT2D eigenvalue weighted by atomic mass is 9.90. The molecule has 0 bridgehead atoms. The van der Waals surface area contributed by atoms with Gasteiger partial charge in [-0.05, 0) is 59.5 Å². The first-order valence-corrected chi connectivity index (χ1v) is 6.68. The number of hydrogen-bond donors (Lipinski definition) is 2. The van der Waals surface area contributed by atoms with E-state index >= 15 is 0 Å². The second-order valence-corrected chi connectivity index (χ2v) is 5.62. The van der Waals surface area contributed by atoms with E-state index in [0.29, 0.717) is 6.42 Å². The molecule has 2 N–H and O–H groups in total. The van der Waals surface area contributed by atoms with Gasteiger partial charge in [0.25, 0.3) is 0 Å². The number of aliphatic hydroxyl groups is 2. The predicted octanol–water partition coefficient (Wildman–Crippen LogP) is 1.94. The van der Waals surface area contributed by atoms with Crippen LogP contribution in [0.3, 0.4) is 0 Å². The van der Waals surface area contributed by atoms with Crippen LogP contribution in [0.15, 0.2) is 11.6 Å². The fraction of sp³-hybridized carbons (Fsp3) is 0.857. The minimum Gasteiger partial charge on any atom is -0.395 e. The van der Waals surface area contributed by atoms with E-state index in [9.17, 15) is 10.2 Å². The molecule has 100 valence electrons. The fourth-order valence-corrected chi connectivity index (χ4v) is 2.58. The molecule has 1 saturated heterocycles. The summed E-state index contributed by atoms with van der Waals surface area (Å²) in [5.41, 5.74) is 0.480. The monoisotopic (exact) mass is 241 g/mol. The van der Waals surface area contributed by atoms with Gasteiger partial charge in [-0.2, -0.15) is 0 Å². The molecule has 2 atom stereocenters. The second kappa shape index (κ2) is 6.53. The second-order valence-electron chi connectivity index (χ2n) is 5.62. The van der Waals surface area contributed by atoms with Crippen molar-refractivity contribution in [1.29, 1.82) is 0 Å². The van der Waals surface area contributed by atoms with Gasteiger partial charge in [-0.3, -0.25) is 4.90 Å². The summed E-state index contributed by atoms with van der Waals surface area (Å²) in [6, 6.07) is -0.115. The third kappa shape index (κ3) is 4.41. The lowest BCUT2D eigenvalue weighted by molar-refractivity contribution is -0.0528. The molecule has 1 fully saturated rings. The number of allylic oxidation sites excluding steroid dienone is 2. The molecule has 0 aromatic rings. The Morgan fingerprint density at radius 1 is 1.35 bits per heavy atom. The van der Waals surface area contributed by atoms with Crippen LogP contribution in [0, 0.1) is 0 Å². The molecule has 17 heavy (non-hydrogen) atoms. The van der Waals surface area contributed by atoms with Crippen LogP contribution in [0.4, 0.5) is 0 Å². The van der Waals surface area contributed by atoms with Crippen LogP contribution in [0.1, 0.15) is 46.5 Å². The Kier molecular flexibility index (Phi) is 5.63. The molecule has 1 heterocycles. The van der Waals surface area contributed by atoms with E-state index in [1.165, 1.54) is 18.4 Å². The molecule has 1 rings (SSSR count). The van der Waals surface area contributed by atoms with Crippen LogP contribution in [-0.2, 0) is 0 Å². The molecule has 0 spiro atoms. The highest BCUT2D eigenvalue weighted by Gasteiger charge is 2.36. The summed E-state index contributed by atoms with van der Waals surface area (Å²) in [4.78, 5) is 2.22. The van der Waals surface area contributed by atoms with Gasteiger partial charge >= 0.3 is 0 Å². The first kappa shape index (κ1) is 14.7. The third-order valence-electron chi connectivity index (χ3n) is 3.68. The largest absolute Gasteiger partial charge is 0.395 e. The van der Waals surface area contributed by atoms with Crippen molar-refractivity contribution in [2.45, 2.75) is 58.1 Å². The molecule has 0 saturated carbocycles. The topological polar surface area (TPSA) is 43.7 Å². The number of likely N-dealkylation sites (tertiary alicyclic amines) is 1. The number of aliphatic hydroxyl groups excluding tert-OH is 1. The normalized spacial score (nSPS) is 22.2. The summed E-state index contributed by atoms with van der Waals surface area (Å²) >= 11 is 0. The third-order valence-corrected chi connectivity index (χ3v) is 3.68. The first-order valence-electron chi connectivity index (χ1n) is 6.68. The molecule has 0 aromatic carbocycles. The van der Waals surface area contributed by atoms with Crippen LogP contribution >= 0.6 is 0 Å². The average molecular weight is 241 g/mol. The van der Waals surface area contributed by atoms with E-state index in [1.807, 2.05) is 6.92 Å². The van der Waals surface area contributed by atoms with Crippen molar-refractivity contribution in [3.63, 3.8) is 0 Å².